The van der Waals surface area contributed by atoms with Gasteiger partial charge in [0.2, 0.25) is 4.96 Å². The third kappa shape index (κ3) is 3.12. The maximum absolute atomic E-state index is 12.8. The van der Waals surface area contributed by atoms with Crippen LogP contribution in [-0.4, -0.2) is 47.4 Å². The van der Waals surface area contributed by atoms with E-state index in [0.29, 0.717) is 21.0 Å². The van der Waals surface area contributed by atoms with E-state index in [-0.39, 0.29) is 12.0 Å². The van der Waals surface area contributed by atoms with Crippen LogP contribution in [0.5, 0.6) is 0 Å². The minimum atomic E-state index is -1.01. The molecule has 0 saturated carbocycles. The quantitative estimate of drug-likeness (QED) is 0.530. The molecule has 1 aromatic carbocycles. The molecule has 30 heavy (non-hydrogen) atoms. The van der Waals surface area contributed by atoms with Crippen LogP contribution in [0.3, 0.4) is 0 Å². The standard InChI is InChI=1S/C20H14N6O3S/c27-18-16(30-20-22-17(24-26(18)20)13-6-8-21-9-7-13)11-25-15(19(28)29)10-14(23-25)12-4-2-1-3-5-12/h1-9,11,15H,10H2,(H,28,29)/b16-11-/t15-/m0/s1. The Labute approximate surface area is 173 Å². The molecular formula is C20H14N6O3S. The Kier molecular flexibility index (Phi) is 4.32. The Morgan fingerprint density at radius 3 is 2.60 bits per heavy atom. The van der Waals surface area contributed by atoms with E-state index in [1.54, 1.807) is 24.5 Å². The number of fused-ring (bicyclic) bond motifs is 1. The number of hydrogen-bond donors (Lipinski definition) is 1. The Balaban J connectivity index is 1.55. The van der Waals surface area contributed by atoms with Crippen LogP contribution < -0.4 is 10.1 Å². The van der Waals surface area contributed by atoms with Gasteiger partial charge in [0.1, 0.15) is 4.53 Å². The van der Waals surface area contributed by atoms with E-state index in [4.69, 9.17) is 0 Å². The number of hydrazone groups is 1. The second-order valence-corrected chi connectivity index (χ2v) is 7.63. The lowest BCUT2D eigenvalue weighted by molar-refractivity contribution is -0.141. The van der Waals surface area contributed by atoms with Crippen LogP contribution >= 0.6 is 11.3 Å². The summed E-state index contributed by atoms with van der Waals surface area (Å²) in [5.74, 6) is -0.575. The van der Waals surface area contributed by atoms with Crippen LogP contribution in [0.2, 0.25) is 0 Å². The minimum Gasteiger partial charge on any atom is -0.480 e. The SMILES string of the molecule is O=C(O)[C@@H]1CC(c2ccccc2)=NN1/C=c1\sc2nc(-c3ccncc3)nn2c1=O. The van der Waals surface area contributed by atoms with E-state index in [9.17, 15) is 14.7 Å². The molecule has 4 aromatic rings. The highest BCUT2D eigenvalue weighted by atomic mass is 32.1. The number of thiazole rings is 1. The maximum atomic E-state index is 12.8. The van der Waals surface area contributed by atoms with E-state index in [0.717, 1.165) is 22.5 Å². The maximum Gasteiger partial charge on any atom is 0.328 e. The lowest BCUT2D eigenvalue weighted by Gasteiger charge is -2.14. The fraction of sp³-hybridized carbons (Fsp3) is 0.100. The van der Waals surface area contributed by atoms with Gasteiger partial charge in [-0.05, 0) is 17.7 Å². The number of nitrogens with zero attached hydrogens (tertiary/aromatic N) is 6. The van der Waals surface area contributed by atoms with E-state index in [1.807, 2.05) is 30.3 Å². The highest BCUT2D eigenvalue weighted by molar-refractivity contribution is 7.15. The number of hydrogen-bond acceptors (Lipinski definition) is 8. The van der Waals surface area contributed by atoms with Crippen molar-refractivity contribution in [2.24, 2.45) is 5.10 Å². The Bertz CT molecular complexity index is 1380. The molecule has 1 aliphatic heterocycles. The first kappa shape index (κ1) is 18.1. The largest absolute Gasteiger partial charge is 0.480 e. The third-order valence-electron chi connectivity index (χ3n) is 4.70. The van der Waals surface area contributed by atoms with Gasteiger partial charge in [-0.3, -0.25) is 14.8 Å². The molecule has 10 heteroatoms. The number of benzene rings is 1. The zero-order valence-corrected chi connectivity index (χ0v) is 16.2. The average Bonchev–Trinajstić information content (AvgIpc) is 3.45. The molecule has 0 spiro atoms. The second-order valence-electron chi connectivity index (χ2n) is 6.62. The topological polar surface area (TPSA) is 113 Å². The van der Waals surface area contributed by atoms with Crippen LogP contribution in [0, 0.1) is 0 Å². The highest BCUT2D eigenvalue weighted by Crippen LogP contribution is 2.21. The number of aliphatic carboxylic acids is 1. The van der Waals surface area contributed by atoms with Gasteiger partial charge >= 0.3 is 5.97 Å². The Morgan fingerprint density at radius 2 is 1.90 bits per heavy atom. The zero-order valence-electron chi connectivity index (χ0n) is 15.4. The number of rotatable bonds is 4. The molecule has 1 N–H and O–H groups in total. The van der Waals surface area contributed by atoms with Gasteiger partial charge in [0.15, 0.2) is 11.9 Å². The Morgan fingerprint density at radius 1 is 1.13 bits per heavy atom. The normalized spacial score (nSPS) is 16.9. The number of pyridine rings is 1. The first-order valence-corrected chi connectivity index (χ1v) is 9.87. The minimum absolute atomic E-state index is 0.247. The summed E-state index contributed by atoms with van der Waals surface area (Å²) >= 11 is 1.14. The lowest BCUT2D eigenvalue weighted by atomic mass is 10.0. The van der Waals surface area contributed by atoms with Gasteiger partial charge in [0.05, 0.1) is 5.71 Å². The van der Waals surface area contributed by atoms with Crippen molar-refractivity contribution < 1.29 is 9.90 Å². The monoisotopic (exact) mass is 418 g/mol. The molecule has 0 fully saturated rings. The molecule has 0 bridgehead atoms. The van der Waals surface area contributed by atoms with Crippen molar-refractivity contribution in [3.8, 4) is 11.4 Å². The summed E-state index contributed by atoms with van der Waals surface area (Å²) in [6.45, 7) is 0. The van der Waals surface area contributed by atoms with Crippen molar-refractivity contribution in [1.82, 2.24) is 24.6 Å². The van der Waals surface area contributed by atoms with Crippen molar-refractivity contribution in [1.29, 1.82) is 0 Å². The molecule has 0 saturated heterocycles. The van der Waals surface area contributed by atoms with Crippen LogP contribution in [0.25, 0.3) is 22.5 Å². The molecule has 4 heterocycles. The van der Waals surface area contributed by atoms with Crippen LogP contribution in [-0.2, 0) is 4.79 Å². The van der Waals surface area contributed by atoms with Crippen molar-refractivity contribution in [2.75, 3.05) is 0 Å². The molecule has 9 nitrogen and oxygen atoms in total. The Hall–Kier alpha value is -3.92. The predicted octanol–water partition coefficient (Wildman–Crippen LogP) is 1.23. The lowest BCUT2D eigenvalue weighted by Crippen LogP contribution is -2.34. The number of carbonyl (C=O) groups is 1. The average molecular weight is 418 g/mol. The molecule has 0 amide bonds. The molecule has 1 aliphatic rings. The summed E-state index contributed by atoms with van der Waals surface area (Å²) < 4.78 is 1.54. The predicted molar refractivity (Wildman–Crippen MR) is 111 cm³/mol. The summed E-state index contributed by atoms with van der Waals surface area (Å²) in [6, 6.07) is 12.0. The van der Waals surface area contributed by atoms with Gasteiger partial charge in [-0.2, -0.15) is 14.6 Å². The number of carboxylic acids is 1. The van der Waals surface area contributed by atoms with Gasteiger partial charge in [-0.25, -0.2) is 4.79 Å². The van der Waals surface area contributed by atoms with Crippen molar-refractivity contribution in [2.45, 2.75) is 12.5 Å². The zero-order chi connectivity index (χ0) is 20.7. The van der Waals surface area contributed by atoms with Crippen molar-refractivity contribution >= 4 is 34.2 Å². The molecule has 0 unspecified atom stereocenters. The highest BCUT2D eigenvalue weighted by Gasteiger charge is 2.32. The fourth-order valence-electron chi connectivity index (χ4n) is 3.22. The van der Waals surface area contributed by atoms with Gasteiger partial charge in [-0.15, -0.1) is 5.10 Å². The molecule has 3 aromatic heterocycles. The first-order valence-electron chi connectivity index (χ1n) is 9.06. The summed E-state index contributed by atoms with van der Waals surface area (Å²) in [6.07, 6.45) is 4.97. The molecule has 1 atom stereocenters. The van der Waals surface area contributed by atoms with Gasteiger partial charge in [-0.1, -0.05) is 41.7 Å². The molecule has 0 aliphatic carbocycles. The molecule has 5 rings (SSSR count). The van der Waals surface area contributed by atoms with Crippen LogP contribution in [0.1, 0.15) is 12.0 Å². The van der Waals surface area contributed by atoms with Crippen LogP contribution in [0.4, 0.5) is 0 Å². The molecular weight excluding hydrogens is 404 g/mol. The second kappa shape index (κ2) is 7.16. The molecule has 148 valence electrons. The van der Waals surface area contributed by atoms with Gasteiger partial charge < -0.3 is 5.11 Å². The first-order chi connectivity index (χ1) is 14.6. The molecule has 0 radical (unpaired) electrons. The summed E-state index contributed by atoms with van der Waals surface area (Å²) in [5.41, 5.74) is 1.90. The van der Waals surface area contributed by atoms with Gasteiger partial charge in [0.25, 0.3) is 5.56 Å². The van der Waals surface area contributed by atoms with E-state index in [2.05, 4.69) is 20.2 Å². The fourth-order valence-corrected chi connectivity index (χ4v) is 4.09. The summed E-state index contributed by atoms with van der Waals surface area (Å²) in [7, 11) is 0. The van der Waals surface area contributed by atoms with Crippen molar-refractivity contribution in [3.63, 3.8) is 0 Å². The third-order valence-corrected chi connectivity index (χ3v) is 5.65. The summed E-state index contributed by atoms with van der Waals surface area (Å²) in [4.78, 5) is 33.3. The smallest absolute Gasteiger partial charge is 0.328 e. The van der Waals surface area contributed by atoms with Crippen molar-refractivity contribution in [3.05, 3.63) is 75.3 Å². The van der Waals surface area contributed by atoms with E-state index in [1.165, 1.54) is 15.7 Å². The number of aromatic nitrogens is 4. The van der Waals surface area contributed by atoms with Gasteiger partial charge in [0, 0.05) is 30.6 Å². The summed E-state index contributed by atoms with van der Waals surface area (Å²) in [5, 5.41) is 19.7. The van der Waals surface area contributed by atoms with E-state index >= 15 is 0 Å². The van der Waals surface area contributed by atoms with E-state index < -0.39 is 12.0 Å². The van der Waals surface area contributed by atoms with Crippen LogP contribution in [0.15, 0.2) is 64.8 Å². The number of carboxylic acid groups (broad SMARTS) is 1.